The highest BCUT2D eigenvalue weighted by atomic mass is 35.5. The minimum atomic E-state index is 0.758. The van der Waals surface area contributed by atoms with E-state index in [-0.39, 0.29) is 0 Å². The zero-order valence-electron chi connectivity index (χ0n) is 12.2. The van der Waals surface area contributed by atoms with E-state index < -0.39 is 0 Å². The van der Waals surface area contributed by atoms with Crippen LogP contribution in [0.3, 0.4) is 0 Å². The minimum Gasteiger partial charge on any atom is -0.373 e. The van der Waals surface area contributed by atoms with Crippen molar-refractivity contribution in [3.8, 4) is 0 Å². The fourth-order valence-corrected chi connectivity index (χ4v) is 4.02. The van der Waals surface area contributed by atoms with Crippen LogP contribution in [0.25, 0.3) is 0 Å². The topological polar surface area (TPSA) is 28.2 Å². The molecule has 1 saturated carbocycles. The van der Waals surface area contributed by atoms with E-state index in [1.165, 1.54) is 45.1 Å². The first kappa shape index (κ1) is 14.2. The summed E-state index contributed by atoms with van der Waals surface area (Å²) in [6.45, 7) is 2.10. The monoisotopic (exact) mass is 293 g/mol. The van der Waals surface area contributed by atoms with Gasteiger partial charge >= 0.3 is 0 Å². The van der Waals surface area contributed by atoms with Crippen molar-refractivity contribution in [3.63, 3.8) is 0 Å². The Labute approximate surface area is 126 Å². The van der Waals surface area contributed by atoms with Crippen molar-refractivity contribution in [1.82, 2.24) is 9.88 Å². The fourth-order valence-electron chi connectivity index (χ4n) is 3.85. The van der Waals surface area contributed by atoms with Crippen molar-refractivity contribution in [2.24, 2.45) is 5.92 Å². The Morgan fingerprint density at radius 1 is 1.25 bits per heavy atom. The van der Waals surface area contributed by atoms with Crippen LogP contribution in [0, 0.1) is 5.92 Å². The zero-order chi connectivity index (χ0) is 13.9. The normalized spacial score (nSPS) is 27.1. The molecule has 1 saturated heterocycles. The van der Waals surface area contributed by atoms with Gasteiger partial charge in [-0.05, 0) is 50.3 Å². The molecule has 0 amide bonds. The third-order valence-electron chi connectivity index (χ3n) is 4.89. The molecule has 4 heteroatoms. The van der Waals surface area contributed by atoms with E-state index in [2.05, 4.69) is 15.2 Å². The Morgan fingerprint density at radius 2 is 2.05 bits per heavy atom. The van der Waals surface area contributed by atoms with E-state index in [1.807, 2.05) is 19.2 Å². The van der Waals surface area contributed by atoms with E-state index >= 15 is 0 Å². The summed E-state index contributed by atoms with van der Waals surface area (Å²) < 4.78 is 0. The summed E-state index contributed by atoms with van der Waals surface area (Å²) >= 11 is 6.33. The Balaban J connectivity index is 1.75. The van der Waals surface area contributed by atoms with Gasteiger partial charge in [0, 0.05) is 19.6 Å². The smallest absolute Gasteiger partial charge is 0.126 e. The summed E-state index contributed by atoms with van der Waals surface area (Å²) in [6, 6.07) is 4.65. The van der Waals surface area contributed by atoms with Crippen LogP contribution in [0.1, 0.15) is 44.2 Å². The molecule has 0 spiro atoms. The Kier molecular flexibility index (Phi) is 4.47. The van der Waals surface area contributed by atoms with Crippen LogP contribution in [-0.2, 0) is 6.54 Å². The molecule has 2 fully saturated rings. The average molecular weight is 294 g/mol. The van der Waals surface area contributed by atoms with Crippen LogP contribution in [0.2, 0.25) is 5.02 Å². The van der Waals surface area contributed by atoms with Gasteiger partial charge < -0.3 is 5.32 Å². The van der Waals surface area contributed by atoms with Crippen molar-refractivity contribution in [3.05, 3.63) is 22.8 Å². The number of pyridine rings is 1. The minimum absolute atomic E-state index is 0.758. The van der Waals surface area contributed by atoms with Crippen molar-refractivity contribution in [2.45, 2.75) is 51.1 Å². The maximum absolute atomic E-state index is 6.33. The number of hydrogen-bond acceptors (Lipinski definition) is 3. The van der Waals surface area contributed by atoms with Crippen molar-refractivity contribution < 1.29 is 0 Å². The molecule has 0 radical (unpaired) electrons. The van der Waals surface area contributed by atoms with Gasteiger partial charge in [-0.25, -0.2) is 4.98 Å². The second kappa shape index (κ2) is 6.31. The van der Waals surface area contributed by atoms with Gasteiger partial charge in [0.15, 0.2) is 0 Å². The quantitative estimate of drug-likeness (QED) is 0.915. The molecule has 0 unspecified atom stereocenters. The van der Waals surface area contributed by atoms with Crippen molar-refractivity contribution in [1.29, 1.82) is 0 Å². The number of halogens is 1. The molecular formula is C16H24ClN3. The molecule has 2 atom stereocenters. The second-order valence-electron chi connectivity index (χ2n) is 6.10. The van der Waals surface area contributed by atoms with Gasteiger partial charge in [-0.3, -0.25) is 4.90 Å². The number of rotatable bonds is 3. The molecule has 3 nitrogen and oxygen atoms in total. The first-order chi connectivity index (χ1) is 9.78. The summed E-state index contributed by atoms with van der Waals surface area (Å²) in [5.41, 5.74) is 1.02. The number of likely N-dealkylation sites (tertiary alicyclic amines) is 1. The molecule has 20 heavy (non-hydrogen) atoms. The highest BCUT2D eigenvalue weighted by Crippen LogP contribution is 2.36. The van der Waals surface area contributed by atoms with Crippen LogP contribution in [0.4, 0.5) is 5.82 Å². The third-order valence-corrected chi connectivity index (χ3v) is 5.23. The van der Waals surface area contributed by atoms with E-state index in [4.69, 9.17) is 11.6 Å². The molecule has 0 aromatic carbocycles. The first-order valence-corrected chi connectivity index (χ1v) is 8.23. The summed E-state index contributed by atoms with van der Waals surface area (Å²) in [5.74, 6) is 1.81. The Morgan fingerprint density at radius 3 is 2.90 bits per heavy atom. The van der Waals surface area contributed by atoms with Gasteiger partial charge in [0.05, 0.1) is 10.7 Å². The predicted octanol–water partition coefficient (Wildman–Crippen LogP) is 3.93. The highest BCUT2D eigenvalue weighted by molar-refractivity contribution is 6.31. The van der Waals surface area contributed by atoms with Crippen molar-refractivity contribution in [2.75, 3.05) is 18.9 Å². The highest BCUT2D eigenvalue weighted by Gasteiger charge is 2.33. The molecule has 2 aliphatic rings. The van der Waals surface area contributed by atoms with Gasteiger partial charge in [-0.2, -0.15) is 0 Å². The lowest BCUT2D eigenvalue weighted by atomic mass is 9.78. The Bertz CT molecular complexity index is 461. The van der Waals surface area contributed by atoms with Crippen molar-refractivity contribution >= 4 is 17.4 Å². The van der Waals surface area contributed by atoms with E-state index in [0.717, 1.165) is 35.0 Å². The molecule has 1 aromatic heterocycles. The number of piperidine rings is 1. The lowest BCUT2D eigenvalue weighted by Gasteiger charge is -2.44. The van der Waals surface area contributed by atoms with Crippen LogP contribution in [-0.4, -0.2) is 29.5 Å². The molecule has 3 rings (SSSR count). The standard InChI is InChI=1S/C16H24ClN3/c1-18-16-9-8-13(17)14(19-16)11-20-10-4-6-12-5-2-3-7-15(12)20/h8-9,12,15H,2-7,10-11H2,1H3,(H,18,19)/t12-,15-/m1/s1. The molecule has 1 N–H and O–H groups in total. The number of hydrogen-bond donors (Lipinski definition) is 1. The zero-order valence-corrected chi connectivity index (χ0v) is 13.0. The Hall–Kier alpha value is -0.800. The summed E-state index contributed by atoms with van der Waals surface area (Å²) in [4.78, 5) is 7.26. The second-order valence-corrected chi connectivity index (χ2v) is 6.51. The van der Waals surface area contributed by atoms with E-state index in [1.54, 1.807) is 0 Å². The molecule has 0 bridgehead atoms. The lowest BCUT2D eigenvalue weighted by molar-refractivity contribution is 0.0538. The van der Waals surface area contributed by atoms with Gasteiger partial charge in [0.1, 0.15) is 5.82 Å². The third kappa shape index (κ3) is 2.94. The first-order valence-electron chi connectivity index (χ1n) is 7.85. The predicted molar refractivity (Wildman–Crippen MR) is 84.2 cm³/mol. The van der Waals surface area contributed by atoms with Crippen LogP contribution < -0.4 is 5.32 Å². The number of anilines is 1. The molecular weight excluding hydrogens is 270 g/mol. The number of nitrogens with one attached hydrogen (secondary N) is 1. The molecule has 2 heterocycles. The SMILES string of the molecule is CNc1ccc(Cl)c(CN2CCC[C@H]3CCCC[C@H]32)n1. The molecule has 1 aliphatic carbocycles. The number of fused-ring (bicyclic) bond motifs is 1. The number of nitrogens with zero attached hydrogens (tertiary/aromatic N) is 2. The van der Waals surface area contributed by atoms with Crippen LogP contribution in [0.5, 0.6) is 0 Å². The van der Waals surface area contributed by atoms with Crippen LogP contribution >= 0.6 is 11.6 Å². The lowest BCUT2D eigenvalue weighted by Crippen LogP contribution is -2.46. The summed E-state index contributed by atoms with van der Waals surface area (Å²) in [7, 11) is 1.90. The summed E-state index contributed by atoms with van der Waals surface area (Å²) in [6.07, 6.45) is 8.31. The number of aromatic nitrogens is 1. The molecule has 1 aliphatic heterocycles. The largest absolute Gasteiger partial charge is 0.373 e. The maximum atomic E-state index is 6.33. The summed E-state index contributed by atoms with van der Waals surface area (Å²) in [5, 5.41) is 3.89. The maximum Gasteiger partial charge on any atom is 0.126 e. The van der Waals surface area contributed by atoms with Gasteiger partial charge in [-0.15, -0.1) is 0 Å². The average Bonchev–Trinajstić information content (AvgIpc) is 2.50. The van der Waals surface area contributed by atoms with E-state index in [9.17, 15) is 0 Å². The van der Waals surface area contributed by atoms with Crippen LogP contribution in [0.15, 0.2) is 12.1 Å². The van der Waals surface area contributed by atoms with E-state index in [0.29, 0.717) is 0 Å². The fraction of sp³-hybridized carbons (Fsp3) is 0.688. The van der Waals surface area contributed by atoms with Gasteiger partial charge in [0.25, 0.3) is 0 Å². The molecule has 110 valence electrons. The van der Waals surface area contributed by atoms with Gasteiger partial charge in [0.2, 0.25) is 0 Å². The van der Waals surface area contributed by atoms with Gasteiger partial charge in [-0.1, -0.05) is 24.4 Å². The molecule has 1 aromatic rings.